The molecule has 1 fully saturated rings. The molecule has 0 saturated heterocycles. The van der Waals surface area contributed by atoms with Crippen LogP contribution in [0.3, 0.4) is 0 Å². The van der Waals surface area contributed by atoms with E-state index in [2.05, 4.69) is 35.8 Å². The Kier molecular flexibility index (Phi) is 5.39. The molecule has 0 radical (unpaired) electrons. The summed E-state index contributed by atoms with van der Waals surface area (Å²) in [5.41, 5.74) is 1.10. The van der Waals surface area contributed by atoms with Crippen LogP contribution in [0.1, 0.15) is 32.1 Å². The molecule has 0 heterocycles. The second-order valence-electron chi connectivity index (χ2n) is 5.15. The Morgan fingerprint density at radius 1 is 1.39 bits per heavy atom. The van der Waals surface area contributed by atoms with Gasteiger partial charge in [-0.15, -0.1) is 11.8 Å². The average Bonchev–Trinajstić information content (AvgIpc) is 2.89. The standard InChI is InChI=1S/C15H23NOS/c1-18-15-8-4-7-13(10-15)16-11-14(17)9-12-5-2-3-6-12/h4,7-8,10,12,14,16-17H,2-3,5-6,9,11H2,1H3. The van der Waals surface area contributed by atoms with E-state index in [1.807, 2.05) is 0 Å². The highest BCUT2D eigenvalue weighted by Crippen LogP contribution is 2.28. The number of anilines is 1. The lowest BCUT2D eigenvalue weighted by molar-refractivity contribution is 0.155. The SMILES string of the molecule is CSc1cccc(NCC(O)CC2CCCC2)c1. The van der Waals surface area contributed by atoms with Crippen LogP contribution in [-0.2, 0) is 0 Å². The lowest BCUT2D eigenvalue weighted by atomic mass is 10.00. The molecule has 0 bridgehead atoms. The van der Waals surface area contributed by atoms with E-state index < -0.39 is 0 Å². The van der Waals surface area contributed by atoms with Crippen molar-refractivity contribution in [3.63, 3.8) is 0 Å². The normalized spacial score (nSPS) is 17.9. The van der Waals surface area contributed by atoms with Crippen molar-refractivity contribution in [1.82, 2.24) is 0 Å². The fourth-order valence-electron chi connectivity index (χ4n) is 2.68. The first-order chi connectivity index (χ1) is 8.78. The van der Waals surface area contributed by atoms with Crippen LogP contribution in [0.4, 0.5) is 5.69 Å². The van der Waals surface area contributed by atoms with Crippen LogP contribution < -0.4 is 5.32 Å². The summed E-state index contributed by atoms with van der Waals surface area (Å²) in [7, 11) is 0. The van der Waals surface area contributed by atoms with Gasteiger partial charge in [-0.05, 0) is 36.8 Å². The quantitative estimate of drug-likeness (QED) is 0.768. The van der Waals surface area contributed by atoms with E-state index in [9.17, 15) is 5.11 Å². The Bertz CT molecular complexity index is 363. The zero-order valence-corrected chi connectivity index (χ0v) is 11.9. The molecule has 1 unspecified atom stereocenters. The predicted octanol–water partition coefficient (Wildman–Crippen LogP) is 3.76. The number of nitrogens with one attached hydrogen (secondary N) is 1. The number of hydrogen-bond donors (Lipinski definition) is 2. The first-order valence-electron chi connectivity index (χ1n) is 6.84. The minimum atomic E-state index is -0.217. The summed E-state index contributed by atoms with van der Waals surface area (Å²) >= 11 is 1.74. The lowest BCUT2D eigenvalue weighted by Gasteiger charge is -2.16. The Morgan fingerprint density at radius 2 is 2.17 bits per heavy atom. The predicted molar refractivity (Wildman–Crippen MR) is 79.3 cm³/mol. The smallest absolute Gasteiger partial charge is 0.0715 e. The topological polar surface area (TPSA) is 32.3 Å². The molecule has 1 aromatic rings. The molecule has 2 N–H and O–H groups in total. The molecule has 0 aromatic heterocycles. The van der Waals surface area contributed by atoms with Gasteiger partial charge in [-0.3, -0.25) is 0 Å². The van der Waals surface area contributed by atoms with Crippen LogP contribution in [0.2, 0.25) is 0 Å². The Balaban J connectivity index is 1.75. The molecule has 1 aliphatic rings. The minimum absolute atomic E-state index is 0.217. The largest absolute Gasteiger partial charge is 0.391 e. The Hall–Kier alpha value is -0.670. The van der Waals surface area contributed by atoms with Gasteiger partial charge in [0.15, 0.2) is 0 Å². The second kappa shape index (κ2) is 7.05. The van der Waals surface area contributed by atoms with Gasteiger partial charge >= 0.3 is 0 Å². The van der Waals surface area contributed by atoms with E-state index in [1.54, 1.807) is 11.8 Å². The summed E-state index contributed by atoms with van der Waals surface area (Å²) in [5, 5.41) is 13.4. The molecular formula is C15H23NOS. The molecular weight excluding hydrogens is 242 g/mol. The van der Waals surface area contributed by atoms with E-state index in [-0.39, 0.29) is 6.10 Å². The number of benzene rings is 1. The van der Waals surface area contributed by atoms with Crippen LogP contribution in [0.5, 0.6) is 0 Å². The van der Waals surface area contributed by atoms with Gasteiger partial charge in [0, 0.05) is 17.1 Å². The van der Waals surface area contributed by atoms with Gasteiger partial charge in [0.1, 0.15) is 0 Å². The van der Waals surface area contributed by atoms with Gasteiger partial charge < -0.3 is 10.4 Å². The highest BCUT2D eigenvalue weighted by Gasteiger charge is 2.18. The summed E-state index contributed by atoms with van der Waals surface area (Å²) in [6.45, 7) is 0.661. The molecule has 0 aliphatic heterocycles. The van der Waals surface area contributed by atoms with E-state index in [0.717, 1.165) is 18.0 Å². The van der Waals surface area contributed by atoms with E-state index in [1.165, 1.54) is 30.6 Å². The van der Waals surface area contributed by atoms with Crippen molar-refractivity contribution in [2.24, 2.45) is 5.92 Å². The number of aliphatic hydroxyl groups is 1. The van der Waals surface area contributed by atoms with Crippen molar-refractivity contribution in [1.29, 1.82) is 0 Å². The van der Waals surface area contributed by atoms with Crippen LogP contribution in [0.25, 0.3) is 0 Å². The van der Waals surface area contributed by atoms with Gasteiger partial charge in [-0.25, -0.2) is 0 Å². The molecule has 100 valence electrons. The molecule has 2 nitrogen and oxygen atoms in total. The van der Waals surface area contributed by atoms with Gasteiger partial charge in [0.25, 0.3) is 0 Å². The van der Waals surface area contributed by atoms with Gasteiger partial charge in [-0.2, -0.15) is 0 Å². The summed E-state index contributed by atoms with van der Waals surface area (Å²) in [5.74, 6) is 0.749. The number of thioether (sulfide) groups is 1. The van der Waals surface area contributed by atoms with Crippen molar-refractivity contribution in [3.05, 3.63) is 24.3 Å². The van der Waals surface area contributed by atoms with Crippen molar-refractivity contribution in [3.8, 4) is 0 Å². The maximum Gasteiger partial charge on any atom is 0.0715 e. The number of rotatable bonds is 6. The minimum Gasteiger partial charge on any atom is -0.391 e. The summed E-state index contributed by atoms with van der Waals surface area (Å²) in [4.78, 5) is 1.25. The number of aliphatic hydroxyl groups excluding tert-OH is 1. The monoisotopic (exact) mass is 265 g/mol. The van der Waals surface area contributed by atoms with Crippen LogP contribution in [0, 0.1) is 5.92 Å². The molecule has 3 heteroatoms. The number of hydrogen-bond acceptors (Lipinski definition) is 3. The summed E-state index contributed by atoms with van der Waals surface area (Å²) < 4.78 is 0. The third-order valence-electron chi connectivity index (χ3n) is 3.69. The van der Waals surface area contributed by atoms with Crippen molar-refractivity contribution in [2.45, 2.75) is 43.1 Å². The van der Waals surface area contributed by atoms with Gasteiger partial charge in [0.2, 0.25) is 0 Å². The maximum atomic E-state index is 10.0. The Labute approximate surface area is 114 Å². The first kappa shape index (κ1) is 13.8. The summed E-state index contributed by atoms with van der Waals surface area (Å²) in [6.07, 6.45) is 8.12. The van der Waals surface area contributed by atoms with E-state index in [0.29, 0.717) is 6.54 Å². The molecule has 1 saturated carbocycles. The van der Waals surface area contributed by atoms with Crippen molar-refractivity contribution >= 4 is 17.4 Å². The highest BCUT2D eigenvalue weighted by atomic mass is 32.2. The Morgan fingerprint density at radius 3 is 2.89 bits per heavy atom. The second-order valence-corrected chi connectivity index (χ2v) is 6.03. The van der Waals surface area contributed by atoms with E-state index >= 15 is 0 Å². The van der Waals surface area contributed by atoms with Crippen molar-refractivity contribution in [2.75, 3.05) is 18.1 Å². The molecule has 18 heavy (non-hydrogen) atoms. The zero-order chi connectivity index (χ0) is 12.8. The molecule has 0 amide bonds. The fraction of sp³-hybridized carbons (Fsp3) is 0.600. The third kappa shape index (κ3) is 4.21. The summed E-state index contributed by atoms with van der Waals surface area (Å²) in [6, 6.07) is 8.34. The van der Waals surface area contributed by atoms with Gasteiger partial charge in [-0.1, -0.05) is 31.7 Å². The van der Waals surface area contributed by atoms with Crippen LogP contribution in [0.15, 0.2) is 29.2 Å². The average molecular weight is 265 g/mol. The third-order valence-corrected chi connectivity index (χ3v) is 4.42. The fourth-order valence-corrected chi connectivity index (χ4v) is 3.14. The molecule has 1 aromatic carbocycles. The molecule has 0 spiro atoms. The lowest BCUT2D eigenvalue weighted by Crippen LogP contribution is -2.21. The van der Waals surface area contributed by atoms with Gasteiger partial charge in [0.05, 0.1) is 6.10 Å². The molecule has 1 atom stereocenters. The van der Waals surface area contributed by atoms with E-state index in [4.69, 9.17) is 0 Å². The van der Waals surface area contributed by atoms with Crippen LogP contribution in [-0.4, -0.2) is 24.0 Å². The molecule has 1 aliphatic carbocycles. The maximum absolute atomic E-state index is 10.0. The molecule has 2 rings (SSSR count). The van der Waals surface area contributed by atoms with Crippen molar-refractivity contribution < 1.29 is 5.11 Å². The highest BCUT2D eigenvalue weighted by molar-refractivity contribution is 7.98. The van der Waals surface area contributed by atoms with Crippen LogP contribution >= 0.6 is 11.8 Å². The first-order valence-corrected chi connectivity index (χ1v) is 8.06. The zero-order valence-electron chi connectivity index (χ0n) is 11.1.